The summed E-state index contributed by atoms with van der Waals surface area (Å²) < 4.78 is 22.0. The van der Waals surface area contributed by atoms with Crippen molar-refractivity contribution in [3.8, 4) is 0 Å². The molecular weight excluding hydrogens is 207 g/mol. The summed E-state index contributed by atoms with van der Waals surface area (Å²) in [5, 5.41) is 1.86. The van der Waals surface area contributed by atoms with Gasteiger partial charge in [-0.2, -0.15) is 0 Å². The van der Waals surface area contributed by atoms with Gasteiger partial charge in [0.2, 0.25) is 0 Å². The van der Waals surface area contributed by atoms with Gasteiger partial charge < -0.3 is 9.47 Å². The largest absolute Gasteiger partial charge is 0.462 e. The molecule has 1 atom stereocenters. The SMILES string of the molecule is CCOC(=O)C(F)OCc1cccs1. The molecule has 78 valence electrons. The number of rotatable bonds is 5. The van der Waals surface area contributed by atoms with Crippen LogP contribution >= 0.6 is 11.3 Å². The lowest BCUT2D eigenvalue weighted by atomic mass is 10.5. The maximum atomic E-state index is 12.9. The van der Waals surface area contributed by atoms with E-state index in [9.17, 15) is 9.18 Å². The molecule has 0 radical (unpaired) electrons. The second-order valence-electron chi connectivity index (χ2n) is 2.46. The summed E-state index contributed by atoms with van der Waals surface area (Å²) in [6.07, 6.45) is -1.99. The first kappa shape index (κ1) is 11.1. The van der Waals surface area contributed by atoms with E-state index in [0.717, 1.165) is 4.88 Å². The van der Waals surface area contributed by atoms with Crippen molar-refractivity contribution in [2.75, 3.05) is 6.61 Å². The molecule has 0 saturated carbocycles. The number of hydrogen-bond acceptors (Lipinski definition) is 4. The highest BCUT2D eigenvalue weighted by Crippen LogP contribution is 2.11. The molecule has 0 aromatic carbocycles. The van der Waals surface area contributed by atoms with Gasteiger partial charge in [0.15, 0.2) is 0 Å². The Bertz CT molecular complexity index is 274. The number of thiophene rings is 1. The molecule has 0 N–H and O–H groups in total. The van der Waals surface area contributed by atoms with Crippen LogP contribution in [-0.2, 0) is 20.9 Å². The minimum Gasteiger partial charge on any atom is -0.462 e. The molecule has 0 aliphatic carbocycles. The lowest BCUT2D eigenvalue weighted by Crippen LogP contribution is -2.21. The van der Waals surface area contributed by atoms with E-state index in [2.05, 4.69) is 9.47 Å². The minimum atomic E-state index is -1.99. The third kappa shape index (κ3) is 3.43. The first-order valence-electron chi connectivity index (χ1n) is 4.18. The molecule has 1 rings (SSSR count). The van der Waals surface area contributed by atoms with Crippen molar-refractivity contribution in [1.82, 2.24) is 0 Å². The molecule has 1 unspecified atom stereocenters. The van der Waals surface area contributed by atoms with Crippen LogP contribution in [0.2, 0.25) is 0 Å². The number of carbonyl (C=O) groups excluding carboxylic acids is 1. The summed E-state index contributed by atoms with van der Waals surface area (Å²) in [4.78, 5) is 11.7. The Kier molecular flexibility index (Phi) is 4.55. The Morgan fingerprint density at radius 2 is 2.50 bits per heavy atom. The standard InChI is InChI=1S/C9H11FO3S/c1-2-12-9(11)8(10)13-6-7-4-3-5-14-7/h3-5,8H,2,6H2,1H3. The summed E-state index contributed by atoms with van der Waals surface area (Å²) in [6.45, 7) is 1.86. The molecule has 0 aliphatic rings. The zero-order valence-electron chi connectivity index (χ0n) is 7.73. The molecule has 0 bridgehead atoms. The van der Waals surface area contributed by atoms with E-state index < -0.39 is 12.3 Å². The average molecular weight is 218 g/mol. The quantitative estimate of drug-likeness (QED) is 0.710. The second-order valence-corrected chi connectivity index (χ2v) is 3.49. The average Bonchev–Trinajstić information content (AvgIpc) is 2.67. The third-order valence-corrected chi connectivity index (χ3v) is 2.27. The van der Waals surface area contributed by atoms with Crippen LogP contribution in [0.25, 0.3) is 0 Å². The molecule has 5 heteroatoms. The van der Waals surface area contributed by atoms with Gasteiger partial charge in [0.25, 0.3) is 6.36 Å². The number of hydrogen-bond donors (Lipinski definition) is 0. The van der Waals surface area contributed by atoms with Gasteiger partial charge in [-0.1, -0.05) is 6.07 Å². The first-order chi connectivity index (χ1) is 6.74. The van der Waals surface area contributed by atoms with Crippen LogP contribution in [0.3, 0.4) is 0 Å². The van der Waals surface area contributed by atoms with Gasteiger partial charge in [-0.3, -0.25) is 0 Å². The van der Waals surface area contributed by atoms with Crippen LogP contribution in [0, 0.1) is 0 Å². The monoisotopic (exact) mass is 218 g/mol. The molecule has 0 fully saturated rings. The summed E-state index contributed by atoms with van der Waals surface area (Å²) in [5.74, 6) is -0.968. The second kappa shape index (κ2) is 5.72. The van der Waals surface area contributed by atoms with Crippen LogP contribution in [0.1, 0.15) is 11.8 Å². The number of ether oxygens (including phenoxy) is 2. The van der Waals surface area contributed by atoms with E-state index in [-0.39, 0.29) is 13.2 Å². The van der Waals surface area contributed by atoms with Gasteiger partial charge >= 0.3 is 5.97 Å². The zero-order chi connectivity index (χ0) is 10.4. The van der Waals surface area contributed by atoms with E-state index in [0.29, 0.717) is 0 Å². The van der Waals surface area contributed by atoms with Gasteiger partial charge in [-0.25, -0.2) is 9.18 Å². The molecule has 1 heterocycles. The van der Waals surface area contributed by atoms with Crippen LogP contribution in [0.5, 0.6) is 0 Å². The summed E-state index contributed by atoms with van der Waals surface area (Å²) in [5.41, 5.74) is 0. The normalized spacial score (nSPS) is 12.4. The summed E-state index contributed by atoms with van der Waals surface area (Å²) in [6, 6.07) is 3.64. The minimum absolute atomic E-state index is 0.0949. The Hall–Kier alpha value is -0.940. The van der Waals surface area contributed by atoms with Gasteiger partial charge in [-0.05, 0) is 18.4 Å². The fraction of sp³-hybridized carbons (Fsp3) is 0.444. The van der Waals surface area contributed by atoms with Crippen LogP contribution in [-0.4, -0.2) is 18.9 Å². The highest BCUT2D eigenvalue weighted by molar-refractivity contribution is 7.09. The Labute approximate surface area is 85.5 Å². The molecule has 0 spiro atoms. The van der Waals surface area contributed by atoms with Crippen molar-refractivity contribution in [3.05, 3.63) is 22.4 Å². The van der Waals surface area contributed by atoms with Crippen LogP contribution in [0.15, 0.2) is 17.5 Å². The zero-order valence-corrected chi connectivity index (χ0v) is 8.55. The predicted octanol–water partition coefficient (Wildman–Crippen LogP) is 2.12. The summed E-state index contributed by atoms with van der Waals surface area (Å²) >= 11 is 1.45. The molecule has 0 amide bonds. The molecular formula is C9H11FO3S. The third-order valence-electron chi connectivity index (χ3n) is 1.42. The van der Waals surface area contributed by atoms with Crippen molar-refractivity contribution in [2.45, 2.75) is 19.9 Å². The van der Waals surface area contributed by atoms with E-state index in [4.69, 9.17) is 0 Å². The number of esters is 1. The van der Waals surface area contributed by atoms with Crippen molar-refractivity contribution < 1.29 is 18.7 Å². The lowest BCUT2D eigenvalue weighted by Gasteiger charge is -2.07. The van der Waals surface area contributed by atoms with Crippen LogP contribution in [0.4, 0.5) is 4.39 Å². The Morgan fingerprint density at radius 1 is 1.71 bits per heavy atom. The van der Waals surface area contributed by atoms with E-state index in [1.165, 1.54) is 11.3 Å². The molecule has 14 heavy (non-hydrogen) atoms. The number of halogens is 1. The molecule has 0 aliphatic heterocycles. The molecule has 0 saturated heterocycles. The lowest BCUT2D eigenvalue weighted by molar-refractivity contribution is -0.170. The Morgan fingerprint density at radius 3 is 3.07 bits per heavy atom. The highest BCUT2D eigenvalue weighted by atomic mass is 32.1. The van der Waals surface area contributed by atoms with Crippen molar-refractivity contribution in [1.29, 1.82) is 0 Å². The number of carbonyl (C=O) groups is 1. The molecule has 1 aromatic rings. The van der Waals surface area contributed by atoms with Crippen molar-refractivity contribution in [3.63, 3.8) is 0 Å². The van der Waals surface area contributed by atoms with Gasteiger partial charge in [0, 0.05) is 4.88 Å². The van der Waals surface area contributed by atoms with Gasteiger partial charge in [-0.15, -0.1) is 11.3 Å². The van der Waals surface area contributed by atoms with E-state index in [1.54, 1.807) is 6.92 Å². The van der Waals surface area contributed by atoms with E-state index in [1.807, 2.05) is 17.5 Å². The smallest absolute Gasteiger partial charge is 0.368 e. The van der Waals surface area contributed by atoms with Crippen molar-refractivity contribution in [2.24, 2.45) is 0 Å². The maximum Gasteiger partial charge on any atom is 0.368 e. The van der Waals surface area contributed by atoms with Gasteiger partial charge in [0.1, 0.15) is 0 Å². The maximum absolute atomic E-state index is 12.9. The fourth-order valence-electron chi connectivity index (χ4n) is 0.826. The van der Waals surface area contributed by atoms with Gasteiger partial charge in [0.05, 0.1) is 13.2 Å². The van der Waals surface area contributed by atoms with Crippen molar-refractivity contribution >= 4 is 17.3 Å². The number of alkyl halides is 1. The van der Waals surface area contributed by atoms with E-state index >= 15 is 0 Å². The molecule has 3 nitrogen and oxygen atoms in total. The topological polar surface area (TPSA) is 35.5 Å². The summed E-state index contributed by atoms with van der Waals surface area (Å²) in [7, 11) is 0. The molecule has 1 aromatic heterocycles. The highest BCUT2D eigenvalue weighted by Gasteiger charge is 2.18. The van der Waals surface area contributed by atoms with Crippen LogP contribution < -0.4 is 0 Å². The predicted molar refractivity (Wildman–Crippen MR) is 50.6 cm³/mol. The Balaban J connectivity index is 2.27. The fourth-order valence-corrected chi connectivity index (χ4v) is 1.45. The first-order valence-corrected chi connectivity index (χ1v) is 5.06.